The Morgan fingerprint density at radius 1 is 1.09 bits per heavy atom. The lowest BCUT2D eigenvalue weighted by Gasteiger charge is -2.39. The summed E-state index contributed by atoms with van der Waals surface area (Å²) in [5.41, 5.74) is 2.26. The number of benzene rings is 2. The quantitative estimate of drug-likeness (QED) is 0.466. The fourth-order valence-corrected chi connectivity index (χ4v) is 4.67. The molecule has 1 aliphatic rings. The molecule has 0 aliphatic carbocycles. The van der Waals surface area contributed by atoms with Crippen molar-refractivity contribution in [2.75, 3.05) is 26.3 Å². The van der Waals surface area contributed by atoms with Crippen LogP contribution in [0.25, 0.3) is 0 Å². The first-order valence-corrected chi connectivity index (χ1v) is 12.2. The number of piperidine rings is 1. The van der Waals surface area contributed by atoms with Crippen LogP contribution in [0.2, 0.25) is 5.02 Å². The van der Waals surface area contributed by atoms with E-state index in [1.54, 1.807) is 6.20 Å². The molecule has 0 radical (unpaired) electrons. The van der Waals surface area contributed by atoms with E-state index in [9.17, 15) is 5.11 Å². The second kappa shape index (κ2) is 10.8. The average Bonchev–Trinajstić information content (AvgIpc) is 3.21. The molecule has 3 aromatic rings. The van der Waals surface area contributed by atoms with Gasteiger partial charge in [-0.15, -0.1) is 0 Å². The Bertz CT molecular complexity index is 1090. The van der Waals surface area contributed by atoms with E-state index in [1.165, 1.54) is 5.56 Å². The predicted octanol–water partition coefficient (Wildman–Crippen LogP) is 4.95. The van der Waals surface area contributed by atoms with E-state index in [2.05, 4.69) is 26.6 Å². The van der Waals surface area contributed by atoms with Gasteiger partial charge in [0.05, 0.1) is 6.54 Å². The van der Waals surface area contributed by atoms with Crippen molar-refractivity contribution in [1.82, 2.24) is 14.5 Å². The fourth-order valence-electron chi connectivity index (χ4n) is 4.56. The fraction of sp³-hybridized carbons (Fsp3) is 0.444. The Balaban J connectivity index is 1.30. The monoisotopic (exact) mass is 483 g/mol. The van der Waals surface area contributed by atoms with Crippen molar-refractivity contribution in [3.8, 4) is 11.5 Å². The van der Waals surface area contributed by atoms with Gasteiger partial charge in [0.2, 0.25) is 0 Å². The molecule has 1 atom stereocenters. The largest absolute Gasteiger partial charge is 0.492 e. The predicted molar refractivity (Wildman–Crippen MR) is 135 cm³/mol. The zero-order chi connectivity index (χ0) is 24.1. The molecule has 1 aromatic heterocycles. The smallest absolute Gasteiger partial charge is 0.120 e. The number of halogens is 1. The lowest BCUT2D eigenvalue weighted by molar-refractivity contribution is -0.0621. The van der Waals surface area contributed by atoms with Crippen molar-refractivity contribution < 1.29 is 14.6 Å². The number of ether oxygens (including phenoxy) is 2. The molecule has 1 fully saturated rings. The minimum atomic E-state index is -0.879. The molecular weight excluding hydrogens is 450 g/mol. The van der Waals surface area contributed by atoms with Gasteiger partial charge in [0, 0.05) is 30.5 Å². The van der Waals surface area contributed by atoms with E-state index in [4.69, 9.17) is 21.1 Å². The molecule has 6 nitrogen and oxygen atoms in total. The summed E-state index contributed by atoms with van der Waals surface area (Å²) >= 11 is 6.27. The van der Waals surface area contributed by atoms with Crippen LogP contribution in [-0.2, 0) is 13.1 Å². The first kappa shape index (κ1) is 24.6. The number of aromatic nitrogens is 2. The number of rotatable bonds is 9. The molecule has 1 aliphatic heterocycles. The Morgan fingerprint density at radius 2 is 1.88 bits per heavy atom. The van der Waals surface area contributed by atoms with E-state index < -0.39 is 5.60 Å². The Hall–Kier alpha value is -2.54. The first-order chi connectivity index (χ1) is 16.3. The summed E-state index contributed by atoms with van der Waals surface area (Å²) in [6.07, 6.45) is 5.43. The molecule has 0 bridgehead atoms. The van der Waals surface area contributed by atoms with Crippen LogP contribution in [0.5, 0.6) is 11.5 Å². The summed E-state index contributed by atoms with van der Waals surface area (Å²) in [6.45, 7) is 9.83. The van der Waals surface area contributed by atoms with Crippen LogP contribution >= 0.6 is 11.6 Å². The number of hydrogen-bond acceptors (Lipinski definition) is 5. The van der Waals surface area contributed by atoms with E-state index in [0.29, 0.717) is 13.2 Å². The number of aliphatic hydroxyl groups is 1. The third-order valence-corrected chi connectivity index (χ3v) is 6.98. The second-order valence-electron chi connectivity index (χ2n) is 9.36. The molecule has 1 N–H and O–H groups in total. The van der Waals surface area contributed by atoms with Gasteiger partial charge in [-0.25, -0.2) is 4.98 Å². The SMILES string of the molecule is Cc1cc(OC[C@]2(O)CCCN(Cc3cccc(OCCn4ccnc4C)c3)C2)cc(C)c1Cl. The van der Waals surface area contributed by atoms with Crippen LogP contribution in [0, 0.1) is 20.8 Å². The summed E-state index contributed by atoms with van der Waals surface area (Å²) in [7, 11) is 0. The highest BCUT2D eigenvalue weighted by atomic mass is 35.5. The van der Waals surface area contributed by atoms with Gasteiger partial charge in [0.15, 0.2) is 0 Å². The molecule has 0 amide bonds. The third kappa shape index (κ3) is 6.32. The highest BCUT2D eigenvalue weighted by Crippen LogP contribution is 2.28. The minimum Gasteiger partial charge on any atom is -0.492 e. The van der Waals surface area contributed by atoms with Crippen molar-refractivity contribution in [2.24, 2.45) is 0 Å². The maximum absolute atomic E-state index is 11.2. The third-order valence-electron chi connectivity index (χ3n) is 6.38. The number of aryl methyl sites for hydroxylation is 3. The standard InChI is InChI=1S/C27H34ClN3O3/c1-20-14-25(15-21(2)26(20)28)34-19-27(32)8-5-10-30(18-27)17-23-6-4-7-24(16-23)33-13-12-31-11-9-29-22(31)3/h4,6-7,9,11,14-16,32H,5,8,10,12-13,17-19H2,1-3H3/t27-/m0/s1. The molecule has 4 rings (SSSR count). The summed E-state index contributed by atoms with van der Waals surface area (Å²) in [6, 6.07) is 12.1. The minimum absolute atomic E-state index is 0.265. The molecule has 2 aromatic carbocycles. The van der Waals surface area contributed by atoms with E-state index >= 15 is 0 Å². The van der Waals surface area contributed by atoms with Crippen molar-refractivity contribution in [3.63, 3.8) is 0 Å². The van der Waals surface area contributed by atoms with Crippen molar-refractivity contribution >= 4 is 11.6 Å². The van der Waals surface area contributed by atoms with Crippen molar-refractivity contribution in [2.45, 2.75) is 52.3 Å². The molecule has 0 spiro atoms. The molecule has 182 valence electrons. The van der Waals surface area contributed by atoms with Crippen LogP contribution in [0.1, 0.15) is 35.4 Å². The van der Waals surface area contributed by atoms with E-state index in [1.807, 2.05) is 51.2 Å². The highest BCUT2D eigenvalue weighted by Gasteiger charge is 2.34. The molecule has 7 heteroatoms. The van der Waals surface area contributed by atoms with Gasteiger partial charge in [0.25, 0.3) is 0 Å². The number of hydrogen-bond donors (Lipinski definition) is 1. The van der Waals surface area contributed by atoms with Gasteiger partial charge in [-0.2, -0.15) is 0 Å². The molecule has 0 unspecified atom stereocenters. The first-order valence-electron chi connectivity index (χ1n) is 11.9. The van der Waals surface area contributed by atoms with Gasteiger partial charge in [-0.05, 0) is 81.1 Å². The lowest BCUT2D eigenvalue weighted by atomic mass is 9.93. The maximum Gasteiger partial charge on any atom is 0.120 e. The van der Waals surface area contributed by atoms with Crippen LogP contribution in [0.4, 0.5) is 0 Å². The Labute approximate surface area is 207 Å². The van der Waals surface area contributed by atoms with Crippen LogP contribution in [0.15, 0.2) is 48.8 Å². The molecule has 34 heavy (non-hydrogen) atoms. The molecule has 0 saturated carbocycles. The zero-order valence-corrected chi connectivity index (χ0v) is 21.0. The van der Waals surface area contributed by atoms with Crippen molar-refractivity contribution in [3.05, 3.63) is 76.3 Å². The molecule has 1 saturated heterocycles. The van der Waals surface area contributed by atoms with Crippen LogP contribution < -0.4 is 9.47 Å². The zero-order valence-electron chi connectivity index (χ0n) is 20.3. The molecular formula is C27H34ClN3O3. The number of nitrogens with zero attached hydrogens (tertiary/aromatic N) is 3. The second-order valence-corrected chi connectivity index (χ2v) is 9.74. The number of imidazole rings is 1. The maximum atomic E-state index is 11.2. The van der Waals surface area contributed by atoms with Gasteiger partial charge in [-0.3, -0.25) is 4.90 Å². The van der Waals surface area contributed by atoms with Gasteiger partial charge < -0.3 is 19.1 Å². The number of likely N-dealkylation sites (tertiary alicyclic amines) is 1. The van der Waals surface area contributed by atoms with E-state index in [-0.39, 0.29) is 6.61 Å². The summed E-state index contributed by atoms with van der Waals surface area (Å²) in [4.78, 5) is 6.53. The summed E-state index contributed by atoms with van der Waals surface area (Å²) in [5.74, 6) is 2.60. The van der Waals surface area contributed by atoms with Gasteiger partial charge in [-0.1, -0.05) is 23.7 Å². The Morgan fingerprint density at radius 3 is 2.62 bits per heavy atom. The van der Waals surface area contributed by atoms with Crippen LogP contribution in [0.3, 0.4) is 0 Å². The van der Waals surface area contributed by atoms with Crippen LogP contribution in [-0.4, -0.2) is 51.5 Å². The van der Waals surface area contributed by atoms with E-state index in [0.717, 1.165) is 65.9 Å². The molecule has 2 heterocycles. The van der Waals surface area contributed by atoms with Gasteiger partial charge >= 0.3 is 0 Å². The lowest BCUT2D eigenvalue weighted by Crippen LogP contribution is -2.51. The topological polar surface area (TPSA) is 59.8 Å². The highest BCUT2D eigenvalue weighted by molar-refractivity contribution is 6.32. The Kier molecular flexibility index (Phi) is 7.81. The van der Waals surface area contributed by atoms with Gasteiger partial charge in [0.1, 0.15) is 36.1 Å². The van der Waals surface area contributed by atoms with Crippen molar-refractivity contribution in [1.29, 1.82) is 0 Å². The summed E-state index contributed by atoms with van der Waals surface area (Å²) < 4.78 is 14.1. The normalized spacial score (nSPS) is 18.7. The number of β-amino-alcohol motifs (C(OH)–C–C–N with tert-alkyl or cyclic N) is 1. The average molecular weight is 484 g/mol. The summed E-state index contributed by atoms with van der Waals surface area (Å²) in [5, 5.41) is 12.0.